The zero-order chi connectivity index (χ0) is 5.98. The van der Waals surface area contributed by atoms with Crippen molar-refractivity contribution in [3.8, 4) is 0 Å². The third-order valence-electron chi connectivity index (χ3n) is 0.863. The SMILES string of the molecule is CC1=NC(C=O)NN1. The van der Waals surface area contributed by atoms with Gasteiger partial charge >= 0.3 is 0 Å². The van der Waals surface area contributed by atoms with E-state index in [1.165, 1.54) is 0 Å². The van der Waals surface area contributed by atoms with E-state index in [1.54, 1.807) is 6.92 Å². The average molecular weight is 113 g/mol. The number of carbonyl (C=O) groups excluding carboxylic acids is 1. The Balaban J connectivity index is 2.53. The van der Waals surface area contributed by atoms with Crippen molar-refractivity contribution in [1.29, 1.82) is 0 Å². The van der Waals surface area contributed by atoms with Gasteiger partial charge in [-0.1, -0.05) is 0 Å². The first-order valence-corrected chi connectivity index (χ1v) is 2.34. The van der Waals surface area contributed by atoms with Crippen LogP contribution in [0.4, 0.5) is 0 Å². The van der Waals surface area contributed by atoms with E-state index in [4.69, 9.17) is 0 Å². The summed E-state index contributed by atoms with van der Waals surface area (Å²) in [6.07, 6.45) is 0.360. The van der Waals surface area contributed by atoms with Crippen LogP contribution >= 0.6 is 0 Å². The predicted molar refractivity (Wildman–Crippen MR) is 29.2 cm³/mol. The van der Waals surface area contributed by atoms with E-state index in [2.05, 4.69) is 15.8 Å². The average Bonchev–Trinajstić information content (AvgIpc) is 2.14. The van der Waals surface area contributed by atoms with Gasteiger partial charge in [0.15, 0.2) is 12.5 Å². The van der Waals surface area contributed by atoms with Gasteiger partial charge in [0.1, 0.15) is 5.84 Å². The van der Waals surface area contributed by atoms with Crippen LogP contribution in [0.2, 0.25) is 0 Å². The highest BCUT2D eigenvalue weighted by Crippen LogP contribution is 1.86. The normalized spacial score (nSPS) is 26.6. The summed E-state index contributed by atoms with van der Waals surface area (Å²) in [5.41, 5.74) is 5.32. The molecule has 1 heterocycles. The van der Waals surface area contributed by atoms with E-state index in [9.17, 15) is 4.79 Å². The van der Waals surface area contributed by atoms with Crippen molar-refractivity contribution >= 4 is 12.1 Å². The molecule has 0 aromatic heterocycles. The van der Waals surface area contributed by atoms with Gasteiger partial charge in [0.25, 0.3) is 0 Å². The van der Waals surface area contributed by atoms with Crippen molar-refractivity contribution in [1.82, 2.24) is 10.9 Å². The van der Waals surface area contributed by atoms with E-state index in [-0.39, 0.29) is 6.17 Å². The molecule has 4 heteroatoms. The van der Waals surface area contributed by atoms with Crippen LogP contribution in [0.25, 0.3) is 0 Å². The van der Waals surface area contributed by atoms with Gasteiger partial charge in [-0.15, -0.1) is 0 Å². The minimum absolute atomic E-state index is 0.380. The van der Waals surface area contributed by atoms with Crippen LogP contribution in [0.15, 0.2) is 4.99 Å². The van der Waals surface area contributed by atoms with Gasteiger partial charge in [0.2, 0.25) is 0 Å². The molecular formula is C4H7N3O. The predicted octanol–water partition coefficient (Wildman–Crippen LogP) is -0.962. The fraction of sp³-hybridized carbons (Fsp3) is 0.500. The van der Waals surface area contributed by atoms with Crippen LogP contribution in [0.5, 0.6) is 0 Å². The van der Waals surface area contributed by atoms with E-state index >= 15 is 0 Å². The molecule has 44 valence electrons. The number of carbonyl (C=O) groups is 1. The number of aliphatic imine (C=N–C) groups is 1. The van der Waals surface area contributed by atoms with E-state index in [0.717, 1.165) is 12.1 Å². The molecule has 0 fully saturated rings. The van der Waals surface area contributed by atoms with Gasteiger partial charge < -0.3 is 5.43 Å². The zero-order valence-corrected chi connectivity index (χ0v) is 4.51. The van der Waals surface area contributed by atoms with Crippen molar-refractivity contribution in [2.45, 2.75) is 13.1 Å². The van der Waals surface area contributed by atoms with Crippen LogP contribution in [0.3, 0.4) is 0 Å². The molecule has 0 aromatic carbocycles. The lowest BCUT2D eigenvalue weighted by Gasteiger charge is -1.93. The van der Waals surface area contributed by atoms with Crippen LogP contribution in [-0.4, -0.2) is 18.3 Å². The number of hydrogen-bond donors (Lipinski definition) is 2. The molecule has 0 aromatic rings. The lowest BCUT2D eigenvalue weighted by Crippen LogP contribution is -2.34. The largest absolute Gasteiger partial charge is 0.307 e. The molecule has 1 atom stereocenters. The maximum Gasteiger partial charge on any atom is 0.174 e. The molecule has 8 heavy (non-hydrogen) atoms. The van der Waals surface area contributed by atoms with Crippen molar-refractivity contribution in [3.63, 3.8) is 0 Å². The van der Waals surface area contributed by atoms with Crippen LogP contribution in [0.1, 0.15) is 6.92 Å². The molecule has 0 spiro atoms. The summed E-state index contributed by atoms with van der Waals surface area (Å²) in [5.74, 6) is 0.752. The summed E-state index contributed by atoms with van der Waals surface area (Å²) in [6.45, 7) is 1.79. The summed E-state index contributed by atoms with van der Waals surface area (Å²) in [7, 11) is 0. The zero-order valence-electron chi connectivity index (χ0n) is 4.51. The number of nitrogens with one attached hydrogen (secondary N) is 2. The maximum atomic E-state index is 9.94. The molecule has 1 rings (SSSR count). The Bertz CT molecular complexity index is 131. The molecule has 0 radical (unpaired) electrons. The second kappa shape index (κ2) is 1.92. The lowest BCUT2D eigenvalue weighted by atomic mass is 10.6. The second-order valence-corrected chi connectivity index (χ2v) is 1.56. The molecule has 1 unspecified atom stereocenters. The van der Waals surface area contributed by atoms with Gasteiger partial charge in [-0.3, -0.25) is 4.79 Å². The minimum atomic E-state index is -0.380. The first kappa shape index (κ1) is 5.24. The van der Waals surface area contributed by atoms with Gasteiger partial charge in [-0.05, 0) is 6.92 Å². The fourth-order valence-corrected chi connectivity index (χ4v) is 0.516. The summed E-state index contributed by atoms with van der Waals surface area (Å²) >= 11 is 0. The summed E-state index contributed by atoms with van der Waals surface area (Å²) in [4.78, 5) is 13.8. The topological polar surface area (TPSA) is 53.5 Å². The van der Waals surface area contributed by atoms with Crippen LogP contribution in [0, 0.1) is 0 Å². The van der Waals surface area contributed by atoms with Gasteiger partial charge in [0, 0.05) is 0 Å². The van der Waals surface area contributed by atoms with Crippen LogP contribution < -0.4 is 10.9 Å². The third kappa shape index (κ3) is 0.840. The smallest absolute Gasteiger partial charge is 0.174 e. The van der Waals surface area contributed by atoms with Crippen molar-refractivity contribution in [3.05, 3.63) is 0 Å². The number of aldehydes is 1. The summed E-state index contributed by atoms with van der Waals surface area (Å²) < 4.78 is 0. The van der Waals surface area contributed by atoms with Crippen molar-refractivity contribution in [2.75, 3.05) is 0 Å². The van der Waals surface area contributed by atoms with Crippen LogP contribution in [-0.2, 0) is 4.79 Å². The molecule has 4 nitrogen and oxygen atoms in total. The van der Waals surface area contributed by atoms with Crippen molar-refractivity contribution in [2.24, 2.45) is 4.99 Å². The number of amidine groups is 1. The Morgan fingerprint density at radius 1 is 1.88 bits per heavy atom. The number of hydrogen-bond acceptors (Lipinski definition) is 4. The molecule has 0 amide bonds. The molecule has 1 aliphatic rings. The molecule has 0 saturated carbocycles. The van der Waals surface area contributed by atoms with Gasteiger partial charge in [0.05, 0.1) is 0 Å². The molecule has 0 aliphatic carbocycles. The number of rotatable bonds is 1. The first-order valence-electron chi connectivity index (χ1n) is 2.34. The highest BCUT2D eigenvalue weighted by Gasteiger charge is 2.09. The Hall–Kier alpha value is -0.900. The summed E-state index contributed by atoms with van der Waals surface area (Å²) in [6, 6.07) is 0. The number of hydrazine groups is 1. The summed E-state index contributed by atoms with van der Waals surface area (Å²) in [5, 5.41) is 0. The number of nitrogens with zero attached hydrogens (tertiary/aromatic N) is 1. The molecule has 1 aliphatic heterocycles. The molecule has 0 bridgehead atoms. The quantitative estimate of drug-likeness (QED) is 0.430. The standard InChI is InChI=1S/C4H7N3O/c1-3-5-4(2-8)7-6-3/h2,4,7H,1H3,(H,5,6). The fourth-order valence-electron chi connectivity index (χ4n) is 0.516. The van der Waals surface area contributed by atoms with E-state index in [0.29, 0.717) is 0 Å². The Morgan fingerprint density at radius 3 is 2.88 bits per heavy atom. The molecule has 2 N–H and O–H groups in total. The lowest BCUT2D eigenvalue weighted by molar-refractivity contribution is -0.109. The highest BCUT2D eigenvalue weighted by molar-refractivity contribution is 5.83. The Labute approximate surface area is 47.0 Å². The third-order valence-corrected chi connectivity index (χ3v) is 0.863. The minimum Gasteiger partial charge on any atom is -0.307 e. The molecular weight excluding hydrogens is 106 g/mol. The maximum absolute atomic E-state index is 9.94. The Kier molecular flexibility index (Phi) is 1.26. The first-order chi connectivity index (χ1) is 3.83. The van der Waals surface area contributed by atoms with Crippen molar-refractivity contribution < 1.29 is 4.79 Å². The monoisotopic (exact) mass is 113 g/mol. The van der Waals surface area contributed by atoms with Gasteiger partial charge in [-0.2, -0.15) is 0 Å². The second-order valence-electron chi connectivity index (χ2n) is 1.56. The van der Waals surface area contributed by atoms with E-state index < -0.39 is 0 Å². The molecule has 0 saturated heterocycles. The van der Waals surface area contributed by atoms with E-state index in [1.807, 2.05) is 0 Å². The highest BCUT2D eigenvalue weighted by atomic mass is 16.1. The Morgan fingerprint density at radius 2 is 2.62 bits per heavy atom. The van der Waals surface area contributed by atoms with Gasteiger partial charge in [-0.25, -0.2) is 10.4 Å².